The van der Waals surface area contributed by atoms with Gasteiger partial charge in [0.2, 0.25) is 11.8 Å². The van der Waals surface area contributed by atoms with Gasteiger partial charge in [-0.05, 0) is 26.2 Å². The number of rotatable bonds is 7. The van der Waals surface area contributed by atoms with E-state index in [4.69, 9.17) is 4.74 Å². The number of likely N-dealkylation sites (tertiary alicyclic amines) is 1. The first kappa shape index (κ1) is 19.1. The van der Waals surface area contributed by atoms with Gasteiger partial charge in [-0.1, -0.05) is 0 Å². The number of carbonyl (C=O) groups excluding carboxylic acids is 2. The molecule has 0 radical (unpaired) electrons. The monoisotopic (exact) mass is 403 g/mol. The molecule has 9 heteroatoms. The third kappa shape index (κ3) is 3.68. The number of anilines is 1. The van der Waals surface area contributed by atoms with E-state index in [2.05, 4.69) is 15.4 Å². The summed E-state index contributed by atoms with van der Waals surface area (Å²) in [7, 11) is 1.94. The molecule has 3 heterocycles. The molecule has 1 N–H and O–H groups in total. The maximum atomic E-state index is 12.7. The van der Waals surface area contributed by atoms with E-state index >= 15 is 0 Å². The molecular formula is C19H25N5O3S. The summed E-state index contributed by atoms with van der Waals surface area (Å²) >= 11 is 1.52. The van der Waals surface area contributed by atoms with Crippen molar-refractivity contribution in [2.24, 2.45) is 13.0 Å². The van der Waals surface area contributed by atoms with Gasteiger partial charge in [0.25, 0.3) is 0 Å². The molecule has 0 aromatic carbocycles. The predicted molar refractivity (Wildman–Crippen MR) is 106 cm³/mol. The number of thiazole rings is 1. The third-order valence-corrected chi connectivity index (χ3v) is 6.37. The van der Waals surface area contributed by atoms with E-state index in [1.807, 2.05) is 24.9 Å². The smallest absolute Gasteiger partial charge is 0.231 e. The van der Waals surface area contributed by atoms with Gasteiger partial charge in [0.05, 0.1) is 17.8 Å². The van der Waals surface area contributed by atoms with Crippen molar-refractivity contribution in [3.8, 4) is 11.3 Å². The Morgan fingerprint density at radius 2 is 2.29 bits per heavy atom. The number of hydrogen-bond donors (Lipinski definition) is 1. The zero-order chi connectivity index (χ0) is 19.7. The van der Waals surface area contributed by atoms with Gasteiger partial charge < -0.3 is 15.0 Å². The molecule has 28 heavy (non-hydrogen) atoms. The molecule has 1 atom stereocenters. The lowest BCUT2D eigenvalue weighted by Crippen LogP contribution is -2.29. The Balaban J connectivity index is 1.37. The highest BCUT2D eigenvalue weighted by atomic mass is 32.1. The summed E-state index contributed by atoms with van der Waals surface area (Å²) in [4.78, 5) is 32.4. The first-order valence-electron chi connectivity index (χ1n) is 9.74. The maximum Gasteiger partial charge on any atom is 0.231 e. The Hall–Kier alpha value is -2.26. The Labute approximate surface area is 167 Å². The van der Waals surface area contributed by atoms with Crippen LogP contribution in [0.1, 0.15) is 30.3 Å². The van der Waals surface area contributed by atoms with Crippen molar-refractivity contribution in [1.29, 1.82) is 0 Å². The van der Waals surface area contributed by atoms with Crippen molar-refractivity contribution < 1.29 is 14.3 Å². The van der Waals surface area contributed by atoms with Crippen LogP contribution in [0.25, 0.3) is 11.3 Å². The molecule has 1 aliphatic heterocycles. The molecule has 0 spiro atoms. The van der Waals surface area contributed by atoms with E-state index in [1.165, 1.54) is 21.9 Å². The van der Waals surface area contributed by atoms with Crippen LogP contribution in [0.4, 0.5) is 5.13 Å². The molecule has 1 unspecified atom stereocenters. The van der Waals surface area contributed by atoms with E-state index in [0.717, 1.165) is 30.5 Å². The molecule has 4 rings (SSSR count). The lowest BCUT2D eigenvalue weighted by Gasteiger charge is -2.16. The average molecular weight is 404 g/mol. The quantitative estimate of drug-likeness (QED) is 0.713. The molecule has 0 saturated carbocycles. The Bertz CT molecular complexity index is 890. The minimum Gasteiger partial charge on any atom is -0.382 e. The first-order chi connectivity index (χ1) is 13.6. The highest BCUT2D eigenvalue weighted by Crippen LogP contribution is 2.38. The number of aromatic nitrogens is 3. The first-order valence-corrected chi connectivity index (χ1v) is 10.6. The molecular weight excluding hydrogens is 378 g/mol. The Morgan fingerprint density at radius 3 is 3.11 bits per heavy atom. The van der Waals surface area contributed by atoms with Gasteiger partial charge in [-0.2, -0.15) is 5.10 Å². The molecule has 2 amide bonds. The number of nitrogens with one attached hydrogen (secondary N) is 1. The number of nitrogens with zero attached hydrogens (tertiary/aromatic N) is 4. The van der Waals surface area contributed by atoms with E-state index in [1.54, 1.807) is 4.90 Å². The fourth-order valence-corrected chi connectivity index (χ4v) is 4.83. The molecule has 2 aromatic rings. The maximum absolute atomic E-state index is 12.7. The lowest BCUT2D eigenvalue weighted by molar-refractivity contribution is -0.128. The van der Waals surface area contributed by atoms with Crippen LogP contribution in [-0.4, -0.2) is 57.8 Å². The van der Waals surface area contributed by atoms with Crippen LogP contribution < -0.4 is 5.32 Å². The van der Waals surface area contributed by atoms with Gasteiger partial charge in [-0.25, -0.2) is 4.98 Å². The minimum atomic E-state index is -0.325. The van der Waals surface area contributed by atoms with Gasteiger partial charge in [0.15, 0.2) is 5.13 Å². The number of ether oxygens (including phenoxy) is 1. The van der Waals surface area contributed by atoms with E-state index in [-0.39, 0.29) is 24.2 Å². The molecule has 2 aromatic heterocycles. The van der Waals surface area contributed by atoms with Crippen molar-refractivity contribution >= 4 is 28.3 Å². The van der Waals surface area contributed by atoms with E-state index < -0.39 is 0 Å². The number of fused-ring (bicyclic) bond motifs is 3. The zero-order valence-corrected chi connectivity index (χ0v) is 17.0. The Morgan fingerprint density at radius 1 is 1.43 bits per heavy atom. The summed E-state index contributed by atoms with van der Waals surface area (Å²) in [5.41, 5.74) is 3.16. The molecule has 150 valence electrons. The highest BCUT2D eigenvalue weighted by molar-refractivity contribution is 7.16. The van der Waals surface area contributed by atoms with Crippen LogP contribution in [0.15, 0.2) is 6.20 Å². The molecule has 1 saturated heterocycles. The number of carbonyl (C=O) groups is 2. The largest absolute Gasteiger partial charge is 0.382 e. The summed E-state index contributed by atoms with van der Waals surface area (Å²) in [6, 6.07) is 0. The second-order valence-corrected chi connectivity index (χ2v) is 8.28. The number of amides is 2. The normalized spacial score (nSPS) is 18.3. The van der Waals surface area contributed by atoms with E-state index in [0.29, 0.717) is 31.4 Å². The molecule has 8 nitrogen and oxygen atoms in total. The molecule has 1 aliphatic carbocycles. The summed E-state index contributed by atoms with van der Waals surface area (Å²) in [5, 5.41) is 7.86. The summed E-state index contributed by atoms with van der Waals surface area (Å²) in [6.07, 6.45) is 4.74. The van der Waals surface area contributed by atoms with Crippen LogP contribution in [0.5, 0.6) is 0 Å². The number of hydrogen-bond acceptors (Lipinski definition) is 6. The Kier molecular flexibility index (Phi) is 5.45. The van der Waals surface area contributed by atoms with Gasteiger partial charge in [0, 0.05) is 55.9 Å². The standard InChI is InChI=1S/C19H25N5O3S/c1-3-27-8-4-7-24-11-12(9-16(24)25)18(26)22-19-21-17-13-10-20-23(2)14(13)5-6-15(17)28-19/h10,12H,3-9,11H2,1-2H3,(H,21,22,26). The van der Waals surface area contributed by atoms with Gasteiger partial charge in [-0.3, -0.25) is 14.3 Å². The van der Waals surface area contributed by atoms with Crippen molar-refractivity contribution in [1.82, 2.24) is 19.7 Å². The second kappa shape index (κ2) is 8.00. The van der Waals surface area contributed by atoms with Gasteiger partial charge in [-0.15, -0.1) is 11.3 Å². The number of aryl methyl sites for hydroxylation is 2. The minimum absolute atomic E-state index is 0.0371. The molecule has 0 bridgehead atoms. The fraction of sp³-hybridized carbons (Fsp3) is 0.579. The zero-order valence-electron chi connectivity index (χ0n) is 16.2. The molecule has 2 aliphatic rings. The average Bonchev–Trinajstić information content (AvgIpc) is 3.36. The topological polar surface area (TPSA) is 89.3 Å². The lowest BCUT2D eigenvalue weighted by atomic mass is 10.0. The summed E-state index contributed by atoms with van der Waals surface area (Å²) in [6.45, 7) is 4.37. The van der Waals surface area contributed by atoms with Crippen LogP contribution in [0, 0.1) is 5.92 Å². The SMILES string of the molecule is CCOCCCN1CC(C(=O)Nc2nc3c(s2)CCc2c-3cnn2C)CC1=O. The van der Waals surface area contributed by atoms with Crippen LogP contribution in [0.2, 0.25) is 0 Å². The van der Waals surface area contributed by atoms with Crippen molar-refractivity contribution in [3.63, 3.8) is 0 Å². The second-order valence-electron chi connectivity index (χ2n) is 7.20. The summed E-state index contributed by atoms with van der Waals surface area (Å²) in [5.74, 6) is -0.414. The van der Waals surface area contributed by atoms with Gasteiger partial charge in [0.1, 0.15) is 0 Å². The van der Waals surface area contributed by atoms with Crippen molar-refractivity contribution in [2.45, 2.75) is 32.6 Å². The fourth-order valence-electron chi connectivity index (χ4n) is 3.85. The highest BCUT2D eigenvalue weighted by Gasteiger charge is 2.34. The van der Waals surface area contributed by atoms with Crippen LogP contribution in [0.3, 0.4) is 0 Å². The van der Waals surface area contributed by atoms with Crippen LogP contribution in [-0.2, 0) is 34.2 Å². The molecule has 1 fully saturated rings. The van der Waals surface area contributed by atoms with Crippen molar-refractivity contribution in [3.05, 3.63) is 16.8 Å². The predicted octanol–water partition coefficient (Wildman–Crippen LogP) is 1.86. The third-order valence-electron chi connectivity index (χ3n) is 5.34. The van der Waals surface area contributed by atoms with E-state index in [9.17, 15) is 9.59 Å². The van der Waals surface area contributed by atoms with Crippen molar-refractivity contribution in [2.75, 3.05) is 31.6 Å². The summed E-state index contributed by atoms with van der Waals surface area (Å²) < 4.78 is 7.21. The van der Waals surface area contributed by atoms with Gasteiger partial charge >= 0.3 is 0 Å². The van der Waals surface area contributed by atoms with Crippen LogP contribution >= 0.6 is 11.3 Å².